The van der Waals surface area contributed by atoms with Crippen molar-refractivity contribution in [1.29, 1.82) is 0 Å². The largest absolute Gasteiger partial charge is 0.491 e. The van der Waals surface area contributed by atoms with Crippen LogP contribution in [0.25, 0.3) is 0 Å². The van der Waals surface area contributed by atoms with Crippen molar-refractivity contribution in [2.24, 2.45) is 0 Å². The molecular weight excluding hydrogens is 290 g/mol. The molecule has 0 aliphatic carbocycles. The van der Waals surface area contributed by atoms with Crippen molar-refractivity contribution in [1.82, 2.24) is 5.32 Å². The zero-order valence-electron chi connectivity index (χ0n) is 11.8. The van der Waals surface area contributed by atoms with E-state index in [1.54, 1.807) is 0 Å². The van der Waals surface area contributed by atoms with Gasteiger partial charge in [0.1, 0.15) is 5.75 Å². The van der Waals surface area contributed by atoms with Crippen molar-refractivity contribution >= 4 is 15.9 Å². The molecule has 0 fully saturated rings. The molecule has 0 saturated heterocycles. The average molecular weight is 314 g/mol. The number of hydrogen-bond acceptors (Lipinski definition) is 2. The molecule has 1 aromatic rings. The average Bonchev–Trinajstić information content (AvgIpc) is 2.36. The Morgan fingerprint density at radius 3 is 2.56 bits per heavy atom. The molecule has 0 amide bonds. The molecule has 102 valence electrons. The Labute approximate surface area is 119 Å². The van der Waals surface area contributed by atoms with Crippen LogP contribution in [-0.4, -0.2) is 12.6 Å². The number of ether oxygens (including phenoxy) is 1. The summed E-state index contributed by atoms with van der Waals surface area (Å²) in [6, 6.07) is 6.61. The molecule has 3 heteroatoms. The zero-order chi connectivity index (χ0) is 13.5. The molecule has 0 aliphatic rings. The minimum absolute atomic E-state index is 0.262. The van der Waals surface area contributed by atoms with Gasteiger partial charge in [-0.25, -0.2) is 0 Å². The first-order valence-electron chi connectivity index (χ1n) is 6.77. The van der Waals surface area contributed by atoms with E-state index < -0.39 is 0 Å². The lowest BCUT2D eigenvalue weighted by Crippen LogP contribution is -2.19. The summed E-state index contributed by atoms with van der Waals surface area (Å²) in [6.07, 6.45) is 2.43. The Hall–Kier alpha value is -0.540. The molecule has 2 nitrogen and oxygen atoms in total. The smallest absolute Gasteiger partial charge is 0.120 e. The van der Waals surface area contributed by atoms with Gasteiger partial charge in [0.25, 0.3) is 0 Å². The molecule has 1 aromatic carbocycles. The van der Waals surface area contributed by atoms with Crippen LogP contribution in [0.2, 0.25) is 0 Å². The van der Waals surface area contributed by atoms with E-state index in [0.29, 0.717) is 6.04 Å². The summed E-state index contributed by atoms with van der Waals surface area (Å²) in [4.78, 5) is 0. The third-order valence-electron chi connectivity index (χ3n) is 3.05. The van der Waals surface area contributed by atoms with E-state index in [4.69, 9.17) is 4.74 Å². The second-order valence-electron chi connectivity index (χ2n) is 4.70. The van der Waals surface area contributed by atoms with E-state index in [0.717, 1.165) is 29.6 Å². The quantitative estimate of drug-likeness (QED) is 0.788. The molecule has 1 rings (SSSR count). The van der Waals surface area contributed by atoms with Crippen LogP contribution in [0.4, 0.5) is 0 Å². The molecule has 0 bridgehead atoms. The summed E-state index contributed by atoms with van der Waals surface area (Å²) >= 11 is 3.63. The monoisotopic (exact) mass is 313 g/mol. The summed E-state index contributed by atoms with van der Waals surface area (Å²) in [7, 11) is 0. The standard InChI is InChI=1S/C15H24BrNO/c1-5-9-17-12(4)14-8-7-13(10-15(14)16)18-11(3)6-2/h7-8,10-12,17H,5-6,9H2,1-4H3. The molecule has 0 aromatic heterocycles. The van der Waals surface area contributed by atoms with Crippen molar-refractivity contribution in [2.45, 2.75) is 52.7 Å². The first-order chi connectivity index (χ1) is 8.58. The molecule has 0 saturated carbocycles. The van der Waals surface area contributed by atoms with Gasteiger partial charge in [-0.05, 0) is 50.9 Å². The van der Waals surface area contributed by atoms with Crippen LogP contribution in [0.15, 0.2) is 22.7 Å². The lowest BCUT2D eigenvalue weighted by Gasteiger charge is -2.18. The van der Waals surface area contributed by atoms with Crippen LogP contribution in [0.3, 0.4) is 0 Å². The highest BCUT2D eigenvalue weighted by Crippen LogP contribution is 2.28. The second-order valence-corrected chi connectivity index (χ2v) is 5.55. The first-order valence-corrected chi connectivity index (χ1v) is 7.57. The maximum Gasteiger partial charge on any atom is 0.120 e. The van der Waals surface area contributed by atoms with Gasteiger partial charge in [-0.15, -0.1) is 0 Å². The summed E-state index contributed by atoms with van der Waals surface area (Å²) in [5.74, 6) is 0.933. The van der Waals surface area contributed by atoms with Gasteiger partial charge in [0.15, 0.2) is 0 Å². The Morgan fingerprint density at radius 2 is 2.00 bits per heavy atom. The SMILES string of the molecule is CCCNC(C)c1ccc(OC(C)CC)cc1Br. The van der Waals surface area contributed by atoms with Gasteiger partial charge in [-0.3, -0.25) is 0 Å². The number of nitrogens with one attached hydrogen (secondary N) is 1. The second kappa shape index (κ2) is 7.80. The summed E-state index contributed by atoms with van der Waals surface area (Å²) in [5, 5.41) is 3.49. The van der Waals surface area contributed by atoms with Gasteiger partial charge in [-0.1, -0.05) is 35.8 Å². The molecule has 2 unspecified atom stereocenters. The predicted molar refractivity (Wildman–Crippen MR) is 81.2 cm³/mol. The highest BCUT2D eigenvalue weighted by molar-refractivity contribution is 9.10. The van der Waals surface area contributed by atoms with Crippen molar-refractivity contribution < 1.29 is 4.74 Å². The maximum atomic E-state index is 5.81. The van der Waals surface area contributed by atoms with Gasteiger partial charge in [0.2, 0.25) is 0 Å². The molecule has 2 atom stereocenters. The van der Waals surface area contributed by atoms with E-state index >= 15 is 0 Å². The van der Waals surface area contributed by atoms with Crippen LogP contribution >= 0.6 is 15.9 Å². The van der Waals surface area contributed by atoms with Gasteiger partial charge < -0.3 is 10.1 Å². The minimum Gasteiger partial charge on any atom is -0.491 e. The Bertz CT molecular complexity index is 368. The van der Waals surface area contributed by atoms with Gasteiger partial charge in [0, 0.05) is 10.5 Å². The first kappa shape index (κ1) is 15.5. The van der Waals surface area contributed by atoms with Gasteiger partial charge in [0.05, 0.1) is 6.10 Å². The van der Waals surface area contributed by atoms with E-state index in [2.05, 4.69) is 67.1 Å². The van der Waals surface area contributed by atoms with Crippen LogP contribution < -0.4 is 10.1 Å². The molecule has 0 radical (unpaired) electrons. The molecule has 0 spiro atoms. The Morgan fingerprint density at radius 1 is 1.28 bits per heavy atom. The highest BCUT2D eigenvalue weighted by atomic mass is 79.9. The van der Waals surface area contributed by atoms with Crippen LogP contribution in [-0.2, 0) is 0 Å². The van der Waals surface area contributed by atoms with Crippen molar-refractivity contribution in [3.8, 4) is 5.75 Å². The summed E-state index contributed by atoms with van der Waals surface area (Å²) in [5.41, 5.74) is 1.28. The van der Waals surface area contributed by atoms with Gasteiger partial charge >= 0.3 is 0 Å². The van der Waals surface area contributed by atoms with Gasteiger partial charge in [-0.2, -0.15) is 0 Å². The highest BCUT2D eigenvalue weighted by Gasteiger charge is 2.10. The third kappa shape index (κ3) is 4.62. The number of rotatable bonds is 7. The lowest BCUT2D eigenvalue weighted by atomic mass is 10.1. The third-order valence-corrected chi connectivity index (χ3v) is 3.74. The fourth-order valence-corrected chi connectivity index (χ4v) is 2.42. The molecular formula is C15H24BrNO. The minimum atomic E-state index is 0.262. The predicted octanol–water partition coefficient (Wildman–Crippen LogP) is 4.69. The van der Waals surface area contributed by atoms with Crippen molar-refractivity contribution in [3.63, 3.8) is 0 Å². The lowest BCUT2D eigenvalue weighted by molar-refractivity contribution is 0.217. The van der Waals surface area contributed by atoms with Crippen LogP contribution in [0, 0.1) is 0 Å². The number of halogens is 1. The molecule has 0 aliphatic heterocycles. The van der Waals surface area contributed by atoms with Crippen LogP contribution in [0.1, 0.15) is 52.1 Å². The number of benzene rings is 1. The zero-order valence-corrected chi connectivity index (χ0v) is 13.4. The van der Waals surface area contributed by atoms with E-state index in [-0.39, 0.29) is 6.10 Å². The van der Waals surface area contributed by atoms with Crippen molar-refractivity contribution in [2.75, 3.05) is 6.54 Å². The summed E-state index contributed by atoms with van der Waals surface area (Å²) < 4.78 is 6.92. The maximum absolute atomic E-state index is 5.81. The fraction of sp³-hybridized carbons (Fsp3) is 0.600. The summed E-state index contributed by atoms with van der Waals surface area (Å²) in [6.45, 7) is 9.62. The normalized spacial score (nSPS) is 14.3. The van der Waals surface area contributed by atoms with Crippen LogP contribution in [0.5, 0.6) is 5.75 Å². The van der Waals surface area contributed by atoms with E-state index in [9.17, 15) is 0 Å². The van der Waals surface area contributed by atoms with Crippen molar-refractivity contribution in [3.05, 3.63) is 28.2 Å². The molecule has 0 heterocycles. The van der Waals surface area contributed by atoms with E-state index in [1.807, 2.05) is 0 Å². The Kier molecular flexibility index (Phi) is 6.72. The topological polar surface area (TPSA) is 21.3 Å². The number of hydrogen-bond donors (Lipinski definition) is 1. The Balaban J connectivity index is 2.72. The fourth-order valence-electron chi connectivity index (χ4n) is 1.72. The van der Waals surface area contributed by atoms with E-state index in [1.165, 1.54) is 5.56 Å². The molecule has 18 heavy (non-hydrogen) atoms. The molecule has 1 N–H and O–H groups in total.